The Morgan fingerprint density at radius 1 is 1.64 bits per heavy atom. The normalized spacial score (nSPS) is 15.4. The molecule has 1 heterocycles. The molecular weight excluding hydrogens is 196 g/mol. The first kappa shape index (κ1) is 11.6. The number of nitrogens with zero attached hydrogens (tertiary/aromatic N) is 1. The molecule has 1 rings (SSSR count). The highest BCUT2D eigenvalue weighted by Crippen LogP contribution is 2.20. The van der Waals surface area contributed by atoms with Crippen LogP contribution in [0, 0.1) is 6.92 Å². The van der Waals surface area contributed by atoms with Crippen LogP contribution in [0.1, 0.15) is 36.9 Å². The van der Waals surface area contributed by atoms with Crippen LogP contribution in [0.25, 0.3) is 0 Å². The number of aromatic nitrogens is 1. The molecule has 0 spiro atoms. The van der Waals surface area contributed by atoms with Crippen LogP contribution in [0.5, 0.6) is 0 Å². The lowest BCUT2D eigenvalue weighted by molar-refractivity contribution is 0.164. The molecule has 80 valence electrons. The Kier molecular flexibility index (Phi) is 4.51. The summed E-state index contributed by atoms with van der Waals surface area (Å²) in [6.45, 7) is 6.74. The van der Waals surface area contributed by atoms with Crippen molar-refractivity contribution in [1.82, 2.24) is 10.3 Å². The molecule has 0 saturated heterocycles. The van der Waals surface area contributed by atoms with E-state index in [-0.39, 0.29) is 12.1 Å². The summed E-state index contributed by atoms with van der Waals surface area (Å²) in [6, 6.07) is 0.281. The number of aliphatic hydroxyl groups excluding tert-OH is 1. The van der Waals surface area contributed by atoms with E-state index >= 15 is 0 Å². The highest BCUT2D eigenvalue weighted by atomic mass is 32.1. The molecule has 2 unspecified atom stereocenters. The second-order valence-electron chi connectivity index (χ2n) is 3.49. The third kappa shape index (κ3) is 3.04. The average molecular weight is 214 g/mol. The first-order chi connectivity index (χ1) is 6.65. The number of thiazole rings is 1. The van der Waals surface area contributed by atoms with E-state index in [4.69, 9.17) is 0 Å². The third-order valence-corrected chi connectivity index (χ3v) is 3.42. The fraction of sp³-hybridized carbons (Fsp3) is 0.700. The summed E-state index contributed by atoms with van der Waals surface area (Å²) in [5, 5.41) is 12.7. The molecule has 0 aliphatic heterocycles. The standard InChI is InChI=1S/C10H18N2OS/c1-4-9(13)5-11-7(2)10-8(3)12-6-14-10/h6-7,9,11,13H,4-5H2,1-3H3. The van der Waals surface area contributed by atoms with Crippen LogP contribution in [0.3, 0.4) is 0 Å². The molecule has 1 aromatic heterocycles. The van der Waals surface area contributed by atoms with Gasteiger partial charge in [-0.2, -0.15) is 0 Å². The van der Waals surface area contributed by atoms with Crippen molar-refractivity contribution in [2.75, 3.05) is 6.54 Å². The number of aliphatic hydroxyl groups is 1. The molecule has 0 bridgehead atoms. The molecule has 0 fully saturated rings. The molecule has 0 aliphatic rings. The largest absolute Gasteiger partial charge is 0.392 e. The molecule has 2 atom stereocenters. The molecule has 4 heteroatoms. The van der Waals surface area contributed by atoms with Crippen LogP contribution < -0.4 is 5.32 Å². The van der Waals surface area contributed by atoms with Gasteiger partial charge in [-0.25, -0.2) is 4.98 Å². The summed E-state index contributed by atoms with van der Waals surface area (Å²) in [5.74, 6) is 0. The molecule has 3 nitrogen and oxygen atoms in total. The summed E-state index contributed by atoms with van der Waals surface area (Å²) < 4.78 is 0. The lowest BCUT2D eigenvalue weighted by atomic mass is 10.2. The SMILES string of the molecule is CCC(O)CNC(C)c1scnc1C. The van der Waals surface area contributed by atoms with Gasteiger partial charge in [0.25, 0.3) is 0 Å². The van der Waals surface area contributed by atoms with Crippen molar-refractivity contribution in [3.05, 3.63) is 16.1 Å². The monoisotopic (exact) mass is 214 g/mol. The first-order valence-electron chi connectivity index (χ1n) is 4.96. The van der Waals surface area contributed by atoms with Gasteiger partial charge in [0, 0.05) is 17.5 Å². The number of nitrogens with one attached hydrogen (secondary N) is 1. The molecular formula is C10H18N2OS. The maximum atomic E-state index is 9.40. The van der Waals surface area contributed by atoms with E-state index < -0.39 is 0 Å². The minimum atomic E-state index is -0.245. The zero-order chi connectivity index (χ0) is 10.6. The van der Waals surface area contributed by atoms with Crippen LogP contribution in [-0.2, 0) is 0 Å². The predicted octanol–water partition coefficient (Wildman–Crippen LogP) is 1.87. The van der Waals surface area contributed by atoms with E-state index in [2.05, 4.69) is 17.2 Å². The van der Waals surface area contributed by atoms with Crippen LogP contribution >= 0.6 is 11.3 Å². The average Bonchev–Trinajstić information content (AvgIpc) is 2.60. The lowest BCUT2D eigenvalue weighted by Gasteiger charge is -2.15. The van der Waals surface area contributed by atoms with Crippen molar-refractivity contribution in [1.29, 1.82) is 0 Å². The minimum absolute atomic E-state index is 0.245. The van der Waals surface area contributed by atoms with E-state index in [1.807, 2.05) is 19.4 Å². The maximum absolute atomic E-state index is 9.40. The number of rotatable bonds is 5. The lowest BCUT2D eigenvalue weighted by Crippen LogP contribution is -2.28. The fourth-order valence-electron chi connectivity index (χ4n) is 1.28. The van der Waals surface area contributed by atoms with Crippen molar-refractivity contribution < 1.29 is 5.11 Å². The van der Waals surface area contributed by atoms with Crippen LogP contribution in [0.2, 0.25) is 0 Å². The van der Waals surface area contributed by atoms with E-state index in [1.54, 1.807) is 11.3 Å². The fourth-order valence-corrected chi connectivity index (χ4v) is 2.11. The highest BCUT2D eigenvalue weighted by molar-refractivity contribution is 7.09. The molecule has 0 saturated carbocycles. The summed E-state index contributed by atoms with van der Waals surface area (Å²) in [4.78, 5) is 5.46. The van der Waals surface area contributed by atoms with E-state index in [0.717, 1.165) is 12.1 Å². The third-order valence-electron chi connectivity index (χ3n) is 2.31. The quantitative estimate of drug-likeness (QED) is 0.786. The van der Waals surface area contributed by atoms with Gasteiger partial charge in [0.05, 0.1) is 17.3 Å². The van der Waals surface area contributed by atoms with Crippen molar-refractivity contribution >= 4 is 11.3 Å². The Hall–Kier alpha value is -0.450. The smallest absolute Gasteiger partial charge is 0.0798 e. The molecule has 14 heavy (non-hydrogen) atoms. The van der Waals surface area contributed by atoms with Gasteiger partial charge >= 0.3 is 0 Å². The molecule has 1 aromatic rings. The Balaban J connectivity index is 2.43. The van der Waals surface area contributed by atoms with Crippen LogP contribution in [0.15, 0.2) is 5.51 Å². The summed E-state index contributed by atoms with van der Waals surface area (Å²) in [5.41, 5.74) is 2.94. The van der Waals surface area contributed by atoms with E-state index in [9.17, 15) is 5.11 Å². The Morgan fingerprint density at radius 2 is 2.36 bits per heavy atom. The second kappa shape index (κ2) is 5.44. The van der Waals surface area contributed by atoms with Crippen LogP contribution in [-0.4, -0.2) is 22.7 Å². The van der Waals surface area contributed by atoms with Gasteiger partial charge in [0.2, 0.25) is 0 Å². The van der Waals surface area contributed by atoms with Gasteiger partial charge in [-0.3, -0.25) is 0 Å². The van der Waals surface area contributed by atoms with Crippen molar-refractivity contribution in [3.63, 3.8) is 0 Å². The minimum Gasteiger partial charge on any atom is -0.392 e. The molecule has 0 radical (unpaired) electrons. The number of hydrogen-bond acceptors (Lipinski definition) is 4. The maximum Gasteiger partial charge on any atom is 0.0798 e. The molecule has 0 amide bonds. The highest BCUT2D eigenvalue weighted by Gasteiger charge is 2.11. The van der Waals surface area contributed by atoms with Crippen molar-refractivity contribution in [2.24, 2.45) is 0 Å². The van der Waals surface area contributed by atoms with Crippen molar-refractivity contribution in [3.8, 4) is 0 Å². The summed E-state index contributed by atoms with van der Waals surface area (Å²) in [7, 11) is 0. The predicted molar refractivity (Wildman–Crippen MR) is 59.6 cm³/mol. The Bertz CT molecular complexity index is 275. The van der Waals surface area contributed by atoms with Gasteiger partial charge in [0.15, 0.2) is 0 Å². The molecule has 0 aliphatic carbocycles. The number of aryl methyl sites for hydroxylation is 1. The van der Waals surface area contributed by atoms with Gasteiger partial charge < -0.3 is 10.4 Å². The first-order valence-corrected chi connectivity index (χ1v) is 5.84. The van der Waals surface area contributed by atoms with Crippen LogP contribution in [0.4, 0.5) is 0 Å². The molecule has 2 N–H and O–H groups in total. The van der Waals surface area contributed by atoms with E-state index in [0.29, 0.717) is 6.54 Å². The van der Waals surface area contributed by atoms with Crippen molar-refractivity contribution in [2.45, 2.75) is 39.3 Å². The summed E-state index contributed by atoms with van der Waals surface area (Å²) in [6.07, 6.45) is 0.548. The summed E-state index contributed by atoms with van der Waals surface area (Å²) >= 11 is 1.66. The Morgan fingerprint density at radius 3 is 2.86 bits per heavy atom. The zero-order valence-electron chi connectivity index (χ0n) is 8.95. The zero-order valence-corrected chi connectivity index (χ0v) is 9.77. The number of hydrogen-bond donors (Lipinski definition) is 2. The van der Waals surface area contributed by atoms with Gasteiger partial charge in [-0.15, -0.1) is 11.3 Å². The van der Waals surface area contributed by atoms with E-state index in [1.165, 1.54) is 4.88 Å². The van der Waals surface area contributed by atoms with Gasteiger partial charge in [-0.1, -0.05) is 6.92 Å². The topological polar surface area (TPSA) is 45.1 Å². The second-order valence-corrected chi connectivity index (χ2v) is 4.38. The Labute approximate surface area is 89.2 Å². The van der Waals surface area contributed by atoms with Gasteiger partial charge in [0.1, 0.15) is 0 Å². The van der Waals surface area contributed by atoms with Gasteiger partial charge in [-0.05, 0) is 20.3 Å². The molecule has 0 aromatic carbocycles.